The predicted octanol–water partition coefficient (Wildman–Crippen LogP) is 3.12. The molecule has 5 nitrogen and oxygen atoms in total. The van der Waals surface area contributed by atoms with Crippen molar-refractivity contribution in [3.63, 3.8) is 0 Å². The highest BCUT2D eigenvalue weighted by Crippen LogP contribution is 2.24. The minimum atomic E-state index is -0.848. The first-order valence-electron chi connectivity index (χ1n) is 7.03. The lowest BCUT2D eigenvalue weighted by molar-refractivity contribution is -0.132. The maximum Gasteiger partial charge on any atom is 0.314 e. The van der Waals surface area contributed by atoms with Crippen LogP contribution in [0.3, 0.4) is 0 Å². The van der Waals surface area contributed by atoms with Crippen LogP contribution in [0.4, 0.5) is 11.4 Å². The van der Waals surface area contributed by atoms with Gasteiger partial charge in [-0.2, -0.15) is 0 Å². The van der Waals surface area contributed by atoms with E-state index in [0.29, 0.717) is 5.69 Å². The van der Waals surface area contributed by atoms with Gasteiger partial charge in [0.15, 0.2) is 0 Å². The first kappa shape index (κ1) is 14.6. The van der Waals surface area contributed by atoms with E-state index in [9.17, 15) is 14.7 Å². The summed E-state index contributed by atoms with van der Waals surface area (Å²) in [6, 6.07) is 19.2. The third-order valence-corrected chi connectivity index (χ3v) is 3.40. The predicted molar refractivity (Wildman–Crippen MR) is 89.3 cm³/mol. The topological polar surface area (TPSA) is 78.4 Å². The maximum absolute atomic E-state index is 12.1. The molecule has 0 aliphatic rings. The van der Waals surface area contributed by atoms with Gasteiger partial charge in [-0.25, -0.2) is 0 Å². The zero-order valence-electron chi connectivity index (χ0n) is 12.1. The van der Waals surface area contributed by atoms with Gasteiger partial charge in [0.2, 0.25) is 0 Å². The van der Waals surface area contributed by atoms with E-state index in [4.69, 9.17) is 0 Å². The van der Waals surface area contributed by atoms with Crippen LogP contribution in [-0.4, -0.2) is 16.9 Å². The van der Waals surface area contributed by atoms with Crippen molar-refractivity contribution in [3.8, 4) is 5.75 Å². The van der Waals surface area contributed by atoms with Crippen molar-refractivity contribution in [1.82, 2.24) is 0 Å². The van der Waals surface area contributed by atoms with E-state index in [1.165, 1.54) is 12.1 Å². The number of nitrogens with one attached hydrogen (secondary N) is 2. The van der Waals surface area contributed by atoms with Gasteiger partial charge in [-0.15, -0.1) is 0 Å². The first-order valence-corrected chi connectivity index (χ1v) is 7.03. The maximum atomic E-state index is 12.1. The van der Waals surface area contributed by atoms with Crippen LogP contribution in [0.25, 0.3) is 10.8 Å². The summed E-state index contributed by atoms with van der Waals surface area (Å²) in [6.07, 6.45) is 0. The Morgan fingerprint density at radius 3 is 2.04 bits per heavy atom. The Bertz CT molecular complexity index is 885. The molecule has 0 saturated heterocycles. The average Bonchev–Trinajstić information content (AvgIpc) is 2.57. The number of aromatic hydroxyl groups is 1. The quantitative estimate of drug-likeness (QED) is 0.503. The van der Waals surface area contributed by atoms with Gasteiger partial charge in [0.25, 0.3) is 0 Å². The van der Waals surface area contributed by atoms with Crippen molar-refractivity contribution < 1.29 is 14.7 Å². The van der Waals surface area contributed by atoms with Gasteiger partial charge in [0.05, 0.1) is 5.69 Å². The fourth-order valence-electron chi connectivity index (χ4n) is 2.27. The minimum absolute atomic E-state index is 0.0983. The van der Waals surface area contributed by atoms with Crippen LogP contribution in [-0.2, 0) is 9.59 Å². The molecule has 0 heterocycles. The number of carbonyl (C=O) groups is 2. The molecule has 23 heavy (non-hydrogen) atoms. The van der Waals surface area contributed by atoms with E-state index in [1.54, 1.807) is 24.3 Å². The molecular weight excluding hydrogens is 292 g/mol. The van der Waals surface area contributed by atoms with Crippen LogP contribution >= 0.6 is 0 Å². The van der Waals surface area contributed by atoms with E-state index in [-0.39, 0.29) is 11.4 Å². The summed E-state index contributed by atoms with van der Waals surface area (Å²) in [5, 5.41) is 16.4. The van der Waals surface area contributed by atoms with Gasteiger partial charge in [-0.1, -0.05) is 48.5 Å². The molecule has 0 fully saturated rings. The summed E-state index contributed by atoms with van der Waals surface area (Å²) in [5.74, 6) is -1.75. The monoisotopic (exact) mass is 306 g/mol. The van der Waals surface area contributed by atoms with Gasteiger partial charge in [-0.05, 0) is 23.6 Å². The number of phenolic OH excluding ortho intramolecular Hbond substituents is 1. The van der Waals surface area contributed by atoms with E-state index in [2.05, 4.69) is 10.6 Å². The number of carbonyl (C=O) groups excluding carboxylic acids is 2. The van der Waals surface area contributed by atoms with E-state index in [0.717, 1.165) is 10.8 Å². The summed E-state index contributed by atoms with van der Waals surface area (Å²) >= 11 is 0. The van der Waals surface area contributed by atoms with E-state index in [1.807, 2.05) is 30.3 Å². The number of para-hydroxylation sites is 2. The highest BCUT2D eigenvalue weighted by Gasteiger charge is 2.16. The molecular formula is C18H14N2O3. The smallest absolute Gasteiger partial charge is 0.314 e. The van der Waals surface area contributed by atoms with Gasteiger partial charge >= 0.3 is 11.8 Å². The number of anilines is 2. The Morgan fingerprint density at radius 2 is 1.26 bits per heavy atom. The second-order valence-corrected chi connectivity index (χ2v) is 4.95. The Balaban J connectivity index is 1.78. The standard InChI is InChI=1S/C18H14N2O3/c21-16-11-4-3-9-15(16)20-18(23)17(22)19-14-10-5-7-12-6-1-2-8-13(12)14/h1-11,21H,(H,19,22)(H,20,23). The third-order valence-electron chi connectivity index (χ3n) is 3.40. The molecule has 3 N–H and O–H groups in total. The zero-order chi connectivity index (χ0) is 16.2. The molecule has 0 bridgehead atoms. The Labute approximate surface area is 132 Å². The van der Waals surface area contributed by atoms with Gasteiger partial charge < -0.3 is 15.7 Å². The fraction of sp³-hybridized carbons (Fsp3) is 0. The van der Waals surface area contributed by atoms with Gasteiger partial charge in [0, 0.05) is 11.1 Å². The molecule has 0 aliphatic carbocycles. The van der Waals surface area contributed by atoms with E-state index >= 15 is 0 Å². The normalized spacial score (nSPS) is 10.3. The lowest BCUT2D eigenvalue weighted by Crippen LogP contribution is -2.29. The second-order valence-electron chi connectivity index (χ2n) is 4.95. The highest BCUT2D eigenvalue weighted by atomic mass is 16.3. The minimum Gasteiger partial charge on any atom is -0.506 e. The fourth-order valence-corrected chi connectivity index (χ4v) is 2.27. The summed E-state index contributed by atoms with van der Waals surface area (Å²) in [4.78, 5) is 24.0. The number of hydrogen-bond acceptors (Lipinski definition) is 3. The molecule has 3 aromatic rings. The zero-order valence-corrected chi connectivity index (χ0v) is 12.1. The Kier molecular flexibility index (Phi) is 3.93. The van der Waals surface area contributed by atoms with Gasteiger partial charge in [-0.3, -0.25) is 9.59 Å². The molecule has 0 radical (unpaired) electrons. The Hall–Kier alpha value is -3.34. The lowest BCUT2D eigenvalue weighted by Gasteiger charge is -2.09. The molecule has 3 rings (SSSR count). The number of hydrogen-bond donors (Lipinski definition) is 3. The SMILES string of the molecule is O=C(Nc1ccccc1O)C(=O)Nc1cccc2ccccc12. The number of amides is 2. The molecule has 2 amide bonds. The summed E-state index contributed by atoms with van der Waals surface area (Å²) < 4.78 is 0. The molecule has 5 heteroatoms. The van der Waals surface area contributed by atoms with E-state index < -0.39 is 11.8 Å². The largest absolute Gasteiger partial charge is 0.506 e. The second kappa shape index (κ2) is 6.19. The Morgan fingerprint density at radius 1 is 0.696 bits per heavy atom. The molecule has 114 valence electrons. The van der Waals surface area contributed by atoms with Gasteiger partial charge in [0.1, 0.15) is 5.75 Å². The molecule has 0 atom stereocenters. The van der Waals surface area contributed by atoms with Crippen molar-refractivity contribution in [3.05, 3.63) is 66.7 Å². The number of phenols is 1. The van der Waals surface area contributed by atoms with Crippen LogP contribution in [0.5, 0.6) is 5.75 Å². The van der Waals surface area contributed by atoms with Crippen LogP contribution in [0.15, 0.2) is 66.7 Å². The lowest BCUT2D eigenvalue weighted by atomic mass is 10.1. The van der Waals surface area contributed by atoms with Crippen molar-refractivity contribution in [2.75, 3.05) is 10.6 Å². The van der Waals surface area contributed by atoms with Crippen molar-refractivity contribution in [2.45, 2.75) is 0 Å². The van der Waals surface area contributed by atoms with Crippen LogP contribution in [0.1, 0.15) is 0 Å². The number of fused-ring (bicyclic) bond motifs is 1. The van der Waals surface area contributed by atoms with Crippen LogP contribution in [0, 0.1) is 0 Å². The van der Waals surface area contributed by atoms with Crippen molar-refractivity contribution in [2.24, 2.45) is 0 Å². The summed E-state index contributed by atoms with van der Waals surface area (Å²) in [7, 11) is 0. The molecule has 0 saturated carbocycles. The molecule has 0 aliphatic heterocycles. The summed E-state index contributed by atoms with van der Waals surface area (Å²) in [5.41, 5.74) is 0.742. The molecule has 3 aromatic carbocycles. The number of rotatable bonds is 2. The third kappa shape index (κ3) is 3.13. The van der Waals surface area contributed by atoms with Crippen LogP contribution in [0.2, 0.25) is 0 Å². The average molecular weight is 306 g/mol. The highest BCUT2D eigenvalue weighted by molar-refractivity contribution is 6.44. The van der Waals surface area contributed by atoms with Crippen molar-refractivity contribution in [1.29, 1.82) is 0 Å². The summed E-state index contributed by atoms with van der Waals surface area (Å²) in [6.45, 7) is 0. The molecule has 0 aromatic heterocycles. The van der Waals surface area contributed by atoms with Crippen molar-refractivity contribution >= 4 is 34.0 Å². The molecule has 0 unspecified atom stereocenters. The van der Waals surface area contributed by atoms with Crippen LogP contribution < -0.4 is 10.6 Å². The first-order chi connectivity index (χ1) is 11.1. The molecule has 0 spiro atoms. The number of benzene rings is 3.